The molecule has 0 aromatic heterocycles. The van der Waals surface area contributed by atoms with E-state index in [1.54, 1.807) is 18.2 Å². The topological polar surface area (TPSA) is 37.4 Å². The summed E-state index contributed by atoms with van der Waals surface area (Å²) in [6.07, 6.45) is 5.10. The number of hydrogen-bond donors (Lipinski definition) is 0. The van der Waals surface area contributed by atoms with Gasteiger partial charge in [0.05, 0.1) is 5.57 Å². The molecule has 0 aromatic rings. The van der Waals surface area contributed by atoms with Gasteiger partial charge in [0.2, 0.25) is 0 Å². The van der Waals surface area contributed by atoms with Crippen molar-refractivity contribution in [2.24, 2.45) is 0 Å². The minimum Gasteiger partial charge on any atom is -0.277 e. The fourth-order valence-electron chi connectivity index (χ4n) is 1.08. The fraction of sp³-hybridized carbons (Fsp3) is 0.200. The first kappa shape index (κ1) is 9.45. The summed E-state index contributed by atoms with van der Waals surface area (Å²) in [7, 11) is 1.45. The molecule has 3 nitrogen and oxygen atoms in total. The summed E-state index contributed by atoms with van der Waals surface area (Å²) < 4.78 is 0. The molecule has 1 heterocycles. The van der Waals surface area contributed by atoms with Crippen LogP contribution in [-0.2, 0) is 9.59 Å². The quantitative estimate of drug-likeness (QED) is 0.443. The average Bonchev–Trinajstić information content (AvgIpc) is 2.30. The molecule has 0 radical (unpaired) electrons. The van der Waals surface area contributed by atoms with Crippen molar-refractivity contribution in [1.82, 2.24) is 4.90 Å². The van der Waals surface area contributed by atoms with Gasteiger partial charge in [0.25, 0.3) is 11.8 Å². The van der Waals surface area contributed by atoms with Crippen LogP contribution in [0.4, 0.5) is 0 Å². The number of allylic oxidation sites excluding steroid dienone is 3. The zero-order valence-corrected chi connectivity index (χ0v) is 7.70. The van der Waals surface area contributed by atoms with Gasteiger partial charge in [0, 0.05) is 12.6 Å². The molecule has 0 aromatic carbocycles. The third-order valence-electron chi connectivity index (χ3n) is 1.88. The highest BCUT2D eigenvalue weighted by molar-refractivity contribution is 6.24. The van der Waals surface area contributed by atoms with Crippen LogP contribution in [0.1, 0.15) is 6.92 Å². The number of hydrogen-bond acceptors (Lipinski definition) is 2. The van der Waals surface area contributed by atoms with Crippen LogP contribution in [0.3, 0.4) is 0 Å². The van der Waals surface area contributed by atoms with Crippen molar-refractivity contribution >= 4 is 11.8 Å². The van der Waals surface area contributed by atoms with Crippen molar-refractivity contribution in [3.05, 3.63) is 36.0 Å². The third-order valence-corrected chi connectivity index (χ3v) is 1.88. The van der Waals surface area contributed by atoms with E-state index in [4.69, 9.17) is 0 Å². The first-order valence-corrected chi connectivity index (χ1v) is 3.94. The average molecular weight is 177 g/mol. The summed E-state index contributed by atoms with van der Waals surface area (Å²) in [5, 5.41) is 0. The van der Waals surface area contributed by atoms with E-state index < -0.39 is 0 Å². The Labute approximate surface area is 77.0 Å². The Hall–Kier alpha value is -1.64. The number of likely N-dealkylation sites (N-methyl/N-ethyl adjacent to an activating group) is 1. The van der Waals surface area contributed by atoms with Crippen molar-refractivity contribution in [2.75, 3.05) is 7.05 Å². The SMILES string of the molecule is C=C1C(=O)N(C)C(=O)/C1=C/C=C\C. The molecule has 1 aliphatic heterocycles. The molecule has 0 N–H and O–H groups in total. The van der Waals surface area contributed by atoms with Gasteiger partial charge < -0.3 is 0 Å². The number of carbonyl (C=O) groups excluding carboxylic acids is 2. The number of imide groups is 1. The van der Waals surface area contributed by atoms with Crippen LogP contribution in [0.5, 0.6) is 0 Å². The molecule has 0 unspecified atom stereocenters. The largest absolute Gasteiger partial charge is 0.277 e. The lowest BCUT2D eigenvalue weighted by atomic mass is 10.1. The lowest BCUT2D eigenvalue weighted by Gasteiger charge is -2.01. The maximum atomic E-state index is 11.4. The second-order valence-electron chi connectivity index (χ2n) is 2.75. The van der Waals surface area contributed by atoms with Crippen molar-refractivity contribution < 1.29 is 9.59 Å². The smallest absolute Gasteiger partial charge is 0.261 e. The van der Waals surface area contributed by atoms with Gasteiger partial charge in [-0.2, -0.15) is 0 Å². The lowest BCUT2D eigenvalue weighted by Crippen LogP contribution is -2.24. The van der Waals surface area contributed by atoms with Gasteiger partial charge in [-0.1, -0.05) is 18.7 Å². The third kappa shape index (κ3) is 1.45. The molecule has 2 amide bonds. The number of nitrogens with zero attached hydrogens (tertiary/aromatic N) is 1. The number of rotatable bonds is 1. The molecule has 0 aliphatic carbocycles. The van der Waals surface area contributed by atoms with Gasteiger partial charge in [0.1, 0.15) is 0 Å². The van der Waals surface area contributed by atoms with E-state index in [1.165, 1.54) is 7.05 Å². The van der Waals surface area contributed by atoms with Gasteiger partial charge in [0.15, 0.2) is 0 Å². The van der Waals surface area contributed by atoms with Crippen LogP contribution >= 0.6 is 0 Å². The Balaban J connectivity index is 3.08. The minimum absolute atomic E-state index is 0.269. The molecule has 0 bridgehead atoms. The second kappa shape index (κ2) is 3.39. The Kier molecular flexibility index (Phi) is 2.46. The van der Waals surface area contributed by atoms with Crippen LogP contribution in [0.2, 0.25) is 0 Å². The summed E-state index contributed by atoms with van der Waals surface area (Å²) in [4.78, 5) is 23.7. The molecule has 3 heteroatoms. The predicted octanol–water partition coefficient (Wildman–Crippen LogP) is 1.04. The van der Waals surface area contributed by atoms with Gasteiger partial charge in [-0.25, -0.2) is 0 Å². The van der Waals surface area contributed by atoms with Gasteiger partial charge >= 0.3 is 0 Å². The van der Waals surface area contributed by atoms with E-state index >= 15 is 0 Å². The molecule has 13 heavy (non-hydrogen) atoms. The first-order valence-electron chi connectivity index (χ1n) is 3.94. The monoisotopic (exact) mass is 177 g/mol. The Morgan fingerprint density at radius 1 is 1.31 bits per heavy atom. The molecule has 0 spiro atoms. The van der Waals surface area contributed by atoms with Crippen LogP contribution in [0.25, 0.3) is 0 Å². The maximum Gasteiger partial charge on any atom is 0.261 e. The van der Waals surface area contributed by atoms with Crippen LogP contribution in [0, 0.1) is 0 Å². The number of amides is 2. The molecule has 0 atom stereocenters. The first-order chi connectivity index (χ1) is 6.09. The van der Waals surface area contributed by atoms with Crippen molar-refractivity contribution in [2.45, 2.75) is 6.92 Å². The van der Waals surface area contributed by atoms with Crippen LogP contribution < -0.4 is 0 Å². The van der Waals surface area contributed by atoms with Crippen LogP contribution in [-0.4, -0.2) is 23.8 Å². The van der Waals surface area contributed by atoms with E-state index in [-0.39, 0.29) is 17.4 Å². The second-order valence-corrected chi connectivity index (χ2v) is 2.75. The summed E-state index contributed by atoms with van der Waals surface area (Å²) in [5.74, 6) is -0.603. The predicted molar refractivity (Wildman–Crippen MR) is 49.8 cm³/mol. The highest BCUT2D eigenvalue weighted by Crippen LogP contribution is 2.21. The maximum absolute atomic E-state index is 11.4. The van der Waals surface area contributed by atoms with Gasteiger partial charge in [-0.05, 0) is 13.0 Å². The number of likely N-dealkylation sites (tertiary alicyclic amines) is 1. The minimum atomic E-state index is -0.319. The summed E-state index contributed by atoms with van der Waals surface area (Å²) in [6, 6.07) is 0. The van der Waals surface area contributed by atoms with E-state index in [2.05, 4.69) is 6.58 Å². The van der Waals surface area contributed by atoms with Crippen molar-refractivity contribution in [3.63, 3.8) is 0 Å². The van der Waals surface area contributed by atoms with E-state index in [0.29, 0.717) is 5.57 Å². The Morgan fingerprint density at radius 2 is 1.92 bits per heavy atom. The molecule has 1 fully saturated rings. The molecule has 68 valence electrons. The lowest BCUT2D eigenvalue weighted by molar-refractivity contribution is -0.134. The Bertz CT molecular complexity index is 337. The van der Waals surface area contributed by atoms with E-state index in [9.17, 15) is 9.59 Å². The standard InChI is InChI=1S/C10H11NO2/c1-4-5-6-8-7(2)9(12)11(3)10(8)13/h4-6H,2H2,1,3H3/b5-4-,8-6+. The van der Waals surface area contributed by atoms with E-state index in [1.807, 2.05) is 6.92 Å². The van der Waals surface area contributed by atoms with Gasteiger partial charge in [-0.3, -0.25) is 14.5 Å². The molecular weight excluding hydrogens is 166 g/mol. The molecule has 1 saturated heterocycles. The molecule has 1 rings (SSSR count). The highest BCUT2D eigenvalue weighted by atomic mass is 16.2. The normalized spacial score (nSPS) is 21.2. The zero-order valence-electron chi connectivity index (χ0n) is 7.70. The molecule has 0 saturated carbocycles. The zero-order chi connectivity index (χ0) is 10.0. The van der Waals surface area contributed by atoms with Gasteiger partial charge in [-0.15, -0.1) is 0 Å². The molecule has 1 aliphatic rings. The highest BCUT2D eigenvalue weighted by Gasteiger charge is 2.33. The van der Waals surface area contributed by atoms with Crippen molar-refractivity contribution in [1.29, 1.82) is 0 Å². The van der Waals surface area contributed by atoms with Crippen molar-refractivity contribution in [3.8, 4) is 0 Å². The summed E-state index contributed by atoms with van der Waals surface area (Å²) in [5.41, 5.74) is 0.649. The Morgan fingerprint density at radius 3 is 2.31 bits per heavy atom. The number of carbonyl (C=O) groups is 2. The molecular formula is C10H11NO2. The van der Waals surface area contributed by atoms with E-state index in [0.717, 1.165) is 4.90 Å². The summed E-state index contributed by atoms with van der Waals surface area (Å²) in [6.45, 7) is 5.39. The fourth-order valence-corrected chi connectivity index (χ4v) is 1.08. The summed E-state index contributed by atoms with van der Waals surface area (Å²) >= 11 is 0. The van der Waals surface area contributed by atoms with Crippen LogP contribution in [0.15, 0.2) is 36.0 Å².